The highest BCUT2D eigenvalue weighted by atomic mass is 35.5. The highest BCUT2D eigenvalue weighted by Crippen LogP contribution is 2.35. The Labute approximate surface area is 168 Å². The van der Waals surface area contributed by atoms with Gasteiger partial charge >= 0.3 is 0 Å². The summed E-state index contributed by atoms with van der Waals surface area (Å²) in [4.78, 5) is 12.6. The molecule has 152 valence electrons. The average Bonchev–Trinajstić information content (AvgIpc) is 2.64. The summed E-state index contributed by atoms with van der Waals surface area (Å²) >= 11 is 0. The molecule has 27 heavy (non-hydrogen) atoms. The molecule has 2 fully saturated rings. The molecule has 3 N–H and O–H groups in total. The second kappa shape index (κ2) is 10.3. The largest absolute Gasteiger partial charge is 0.496 e. The van der Waals surface area contributed by atoms with E-state index in [1.54, 1.807) is 7.11 Å². The summed E-state index contributed by atoms with van der Waals surface area (Å²) in [5.41, 5.74) is 2.23. The molecule has 1 amide bonds. The molecule has 0 spiro atoms. The van der Waals surface area contributed by atoms with Gasteiger partial charge in [-0.05, 0) is 81.1 Å². The summed E-state index contributed by atoms with van der Waals surface area (Å²) in [6.45, 7) is 4.07. The number of hydrogen-bond acceptors (Lipinski definition) is 4. The molecule has 0 radical (unpaired) electrons. The van der Waals surface area contributed by atoms with Crippen molar-refractivity contribution in [3.05, 3.63) is 29.3 Å². The highest BCUT2D eigenvalue weighted by Gasteiger charge is 2.39. The first-order valence-electron chi connectivity index (χ1n) is 9.88. The molecule has 6 heteroatoms. The fourth-order valence-electron chi connectivity index (χ4n) is 4.28. The second-order valence-corrected chi connectivity index (χ2v) is 7.87. The molecule has 1 aromatic rings. The molecule has 1 heterocycles. The SMILES string of the molecule is COc1cc(CCC(=O)NC(C2CCNCC2)C2CC(O)C2)ccc1C.Cl. The van der Waals surface area contributed by atoms with E-state index < -0.39 is 0 Å². The van der Waals surface area contributed by atoms with Crippen LogP contribution >= 0.6 is 12.4 Å². The molecule has 5 nitrogen and oxygen atoms in total. The highest BCUT2D eigenvalue weighted by molar-refractivity contribution is 5.85. The van der Waals surface area contributed by atoms with E-state index in [0.717, 1.165) is 55.6 Å². The van der Waals surface area contributed by atoms with E-state index in [9.17, 15) is 9.90 Å². The molecule has 1 saturated carbocycles. The van der Waals surface area contributed by atoms with E-state index >= 15 is 0 Å². The van der Waals surface area contributed by atoms with Gasteiger partial charge in [0, 0.05) is 12.5 Å². The number of carbonyl (C=O) groups excluding carboxylic acids is 1. The van der Waals surface area contributed by atoms with Crippen molar-refractivity contribution in [2.45, 2.75) is 57.6 Å². The summed E-state index contributed by atoms with van der Waals surface area (Å²) < 4.78 is 5.37. The number of piperidine rings is 1. The van der Waals surface area contributed by atoms with Crippen molar-refractivity contribution in [1.82, 2.24) is 10.6 Å². The van der Waals surface area contributed by atoms with Crippen LogP contribution in [0.25, 0.3) is 0 Å². The van der Waals surface area contributed by atoms with Crippen LogP contribution in [0.15, 0.2) is 18.2 Å². The second-order valence-electron chi connectivity index (χ2n) is 7.87. The van der Waals surface area contributed by atoms with Crippen LogP contribution in [0.1, 0.15) is 43.2 Å². The van der Waals surface area contributed by atoms with Crippen molar-refractivity contribution in [3.8, 4) is 5.75 Å². The Bertz CT molecular complexity index is 613. The molecule has 1 saturated heterocycles. The van der Waals surface area contributed by atoms with Gasteiger partial charge in [-0.3, -0.25) is 4.79 Å². The fourth-order valence-corrected chi connectivity index (χ4v) is 4.28. The van der Waals surface area contributed by atoms with Crippen LogP contribution < -0.4 is 15.4 Å². The van der Waals surface area contributed by atoms with Crippen LogP contribution in [0.2, 0.25) is 0 Å². The predicted molar refractivity (Wildman–Crippen MR) is 110 cm³/mol. The molecule has 3 rings (SSSR count). The van der Waals surface area contributed by atoms with Gasteiger partial charge in [0.05, 0.1) is 13.2 Å². The Morgan fingerprint density at radius 1 is 1.30 bits per heavy atom. The summed E-state index contributed by atoms with van der Waals surface area (Å²) in [6, 6.07) is 6.34. The molecule has 0 aromatic heterocycles. The zero-order valence-corrected chi connectivity index (χ0v) is 17.2. The normalized spacial score (nSPS) is 23.7. The first kappa shape index (κ1) is 22.0. The number of rotatable bonds is 7. The van der Waals surface area contributed by atoms with E-state index in [2.05, 4.69) is 16.7 Å². The molecule has 1 aliphatic heterocycles. The molecule has 1 aromatic carbocycles. The van der Waals surface area contributed by atoms with Gasteiger partial charge < -0.3 is 20.5 Å². The summed E-state index contributed by atoms with van der Waals surface area (Å²) in [5.74, 6) is 1.95. The Morgan fingerprint density at radius 2 is 2.00 bits per heavy atom. The number of amides is 1. The van der Waals surface area contributed by atoms with E-state index in [0.29, 0.717) is 24.7 Å². The monoisotopic (exact) mass is 396 g/mol. The molecule has 1 atom stereocenters. The molecular weight excluding hydrogens is 364 g/mol. The molecule has 0 bridgehead atoms. The maximum atomic E-state index is 12.6. The summed E-state index contributed by atoms with van der Waals surface area (Å²) in [5, 5.41) is 16.4. The third-order valence-electron chi connectivity index (χ3n) is 5.99. The van der Waals surface area contributed by atoms with Gasteiger partial charge in [0.1, 0.15) is 5.75 Å². The van der Waals surface area contributed by atoms with Crippen molar-refractivity contribution in [2.75, 3.05) is 20.2 Å². The molecule has 1 unspecified atom stereocenters. The van der Waals surface area contributed by atoms with Crippen molar-refractivity contribution >= 4 is 18.3 Å². The van der Waals surface area contributed by atoms with Crippen LogP contribution in [-0.4, -0.2) is 43.4 Å². The lowest BCUT2D eigenvalue weighted by molar-refractivity contribution is -0.123. The zero-order valence-electron chi connectivity index (χ0n) is 16.4. The van der Waals surface area contributed by atoms with Gasteiger partial charge in [-0.15, -0.1) is 12.4 Å². The Morgan fingerprint density at radius 3 is 2.63 bits per heavy atom. The number of benzene rings is 1. The number of nitrogens with one attached hydrogen (secondary N) is 2. The number of aliphatic hydroxyl groups is 1. The van der Waals surface area contributed by atoms with Crippen molar-refractivity contribution in [2.24, 2.45) is 11.8 Å². The van der Waals surface area contributed by atoms with Crippen molar-refractivity contribution in [1.29, 1.82) is 0 Å². The quantitative estimate of drug-likeness (QED) is 0.662. The van der Waals surface area contributed by atoms with Crippen LogP contribution in [0.4, 0.5) is 0 Å². The van der Waals surface area contributed by atoms with E-state index in [1.165, 1.54) is 0 Å². The average molecular weight is 397 g/mol. The Balaban J connectivity index is 0.00000261. The van der Waals surface area contributed by atoms with Gasteiger partial charge in [0.2, 0.25) is 5.91 Å². The Hall–Kier alpha value is -1.30. The molecule has 2 aliphatic rings. The fraction of sp³-hybridized carbons (Fsp3) is 0.667. The van der Waals surface area contributed by atoms with Crippen molar-refractivity contribution in [3.63, 3.8) is 0 Å². The van der Waals surface area contributed by atoms with Gasteiger partial charge in [-0.1, -0.05) is 12.1 Å². The minimum Gasteiger partial charge on any atom is -0.496 e. The summed E-state index contributed by atoms with van der Waals surface area (Å²) in [7, 11) is 1.68. The third kappa shape index (κ3) is 5.84. The van der Waals surface area contributed by atoms with E-state index in [-0.39, 0.29) is 30.5 Å². The predicted octanol–water partition coefficient (Wildman–Crippen LogP) is 2.61. The number of aryl methyl sites for hydroxylation is 2. The van der Waals surface area contributed by atoms with Crippen LogP contribution in [0.3, 0.4) is 0 Å². The smallest absolute Gasteiger partial charge is 0.220 e. The van der Waals surface area contributed by atoms with Crippen LogP contribution in [0, 0.1) is 18.8 Å². The number of aliphatic hydroxyl groups excluding tert-OH is 1. The van der Waals surface area contributed by atoms with Crippen LogP contribution in [-0.2, 0) is 11.2 Å². The first-order valence-corrected chi connectivity index (χ1v) is 9.88. The maximum absolute atomic E-state index is 12.6. The summed E-state index contributed by atoms with van der Waals surface area (Å²) in [6.07, 6.45) is 4.88. The van der Waals surface area contributed by atoms with Gasteiger partial charge in [-0.2, -0.15) is 0 Å². The van der Waals surface area contributed by atoms with Crippen LogP contribution in [0.5, 0.6) is 5.75 Å². The van der Waals surface area contributed by atoms with Gasteiger partial charge in [0.15, 0.2) is 0 Å². The lowest BCUT2D eigenvalue weighted by atomic mass is 9.71. The Kier molecular flexibility index (Phi) is 8.39. The lowest BCUT2D eigenvalue weighted by Crippen LogP contribution is -2.52. The van der Waals surface area contributed by atoms with Crippen molar-refractivity contribution < 1.29 is 14.6 Å². The zero-order chi connectivity index (χ0) is 18.5. The maximum Gasteiger partial charge on any atom is 0.220 e. The number of carbonyl (C=O) groups is 1. The number of methoxy groups -OCH3 is 1. The first-order chi connectivity index (χ1) is 12.6. The minimum absolute atomic E-state index is 0. The minimum atomic E-state index is -0.179. The molecule has 1 aliphatic carbocycles. The van der Waals surface area contributed by atoms with E-state index in [4.69, 9.17) is 4.74 Å². The number of hydrogen-bond donors (Lipinski definition) is 3. The number of halogens is 1. The topological polar surface area (TPSA) is 70.6 Å². The number of ether oxygens (including phenoxy) is 1. The van der Waals surface area contributed by atoms with E-state index in [1.807, 2.05) is 19.1 Å². The third-order valence-corrected chi connectivity index (χ3v) is 5.99. The van der Waals surface area contributed by atoms with Gasteiger partial charge in [-0.25, -0.2) is 0 Å². The molecular formula is C21H33ClN2O3. The standard InChI is InChI=1S/C21H32N2O3.ClH/c1-14-3-4-15(11-19(14)26-2)5-6-20(25)23-21(17-12-18(24)13-17)16-7-9-22-10-8-16;/h3-4,11,16-18,21-22,24H,5-10,12-13H2,1-2H3,(H,23,25);1H. The lowest BCUT2D eigenvalue weighted by Gasteiger charge is -2.43. The van der Waals surface area contributed by atoms with Gasteiger partial charge in [0.25, 0.3) is 0 Å².